The molecule has 346 valence electrons. The summed E-state index contributed by atoms with van der Waals surface area (Å²) in [6.45, 7) is 2.39. The van der Waals surface area contributed by atoms with Crippen LogP contribution in [0.1, 0.15) is 129 Å². The summed E-state index contributed by atoms with van der Waals surface area (Å²) in [5, 5.41) is 71.7. The van der Waals surface area contributed by atoms with Crippen molar-refractivity contribution >= 4 is 11.9 Å². The largest absolute Gasteiger partial charge is 0.462 e. The van der Waals surface area contributed by atoms with Crippen molar-refractivity contribution in [2.45, 2.75) is 197 Å². The normalized spacial score (nSPS) is 28.0. The van der Waals surface area contributed by atoms with E-state index in [-0.39, 0.29) is 19.4 Å². The summed E-state index contributed by atoms with van der Waals surface area (Å²) < 4.78 is 33.3. The van der Waals surface area contributed by atoms with E-state index in [2.05, 4.69) is 62.5 Å². The van der Waals surface area contributed by atoms with Crippen LogP contribution in [0.3, 0.4) is 0 Å². The highest BCUT2D eigenvalue weighted by atomic mass is 16.7. The Bertz CT molecular complexity index is 1240. The van der Waals surface area contributed by atoms with Crippen LogP contribution < -0.4 is 0 Å². The zero-order valence-electron chi connectivity index (χ0n) is 35.9. The molecule has 0 spiro atoms. The molecule has 2 heterocycles. The lowest BCUT2D eigenvalue weighted by Crippen LogP contribution is -2.61. The molecule has 15 heteroatoms. The lowest BCUT2D eigenvalue weighted by Gasteiger charge is -2.42. The number of hydrogen-bond acceptors (Lipinski definition) is 15. The van der Waals surface area contributed by atoms with E-state index in [1.54, 1.807) is 0 Å². The average Bonchev–Trinajstić information content (AvgIpc) is 3.24. The third kappa shape index (κ3) is 22.0. The van der Waals surface area contributed by atoms with Gasteiger partial charge in [-0.2, -0.15) is 0 Å². The first-order chi connectivity index (χ1) is 29.0. The van der Waals surface area contributed by atoms with Crippen LogP contribution >= 0.6 is 0 Å². The highest BCUT2D eigenvalue weighted by molar-refractivity contribution is 5.70. The number of aliphatic hydroxyl groups excluding tert-OH is 7. The maximum Gasteiger partial charge on any atom is 0.306 e. The third-order valence-corrected chi connectivity index (χ3v) is 10.3. The molecule has 0 aliphatic carbocycles. The Balaban J connectivity index is 1.84. The van der Waals surface area contributed by atoms with Gasteiger partial charge in [-0.05, 0) is 51.4 Å². The van der Waals surface area contributed by atoms with E-state index < -0.39 is 99.3 Å². The molecule has 2 saturated heterocycles. The fraction of sp³-hybridized carbons (Fsp3) is 0.778. The van der Waals surface area contributed by atoms with Crippen molar-refractivity contribution in [2.75, 3.05) is 26.4 Å². The summed E-state index contributed by atoms with van der Waals surface area (Å²) in [6.07, 6.45) is 16.2. The number of rotatable bonds is 32. The molecule has 11 atom stereocenters. The second-order valence-electron chi connectivity index (χ2n) is 15.5. The first-order valence-corrected chi connectivity index (χ1v) is 22.2. The van der Waals surface area contributed by atoms with Gasteiger partial charge in [-0.3, -0.25) is 9.59 Å². The number of carbonyl (C=O) groups excluding carboxylic acids is 2. The van der Waals surface area contributed by atoms with Gasteiger partial charge in [0.05, 0.1) is 19.8 Å². The van der Waals surface area contributed by atoms with Gasteiger partial charge in [0, 0.05) is 12.8 Å². The zero-order chi connectivity index (χ0) is 44.0. The second kappa shape index (κ2) is 33.1. The molecule has 2 rings (SSSR count). The van der Waals surface area contributed by atoms with Crippen LogP contribution in [0.25, 0.3) is 0 Å². The molecule has 2 aliphatic rings. The fourth-order valence-electron chi connectivity index (χ4n) is 6.56. The monoisotopic (exact) mass is 857 g/mol. The van der Waals surface area contributed by atoms with Crippen molar-refractivity contribution in [1.82, 2.24) is 0 Å². The molecule has 60 heavy (non-hydrogen) atoms. The summed E-state index contributed by atoms with van der Waals surface area (Å²) >= 11 is 0. The molecule has 4 unspecified atom stereocenters. The molecule has 0 aromatic carbocycles. The van der Waals surface area contributed by atoms with Crippen LogP contribution in [0.4, 0.5) is 0 Å². The van der Waals surface area contributed by atoms with Gasteiger partial charge in [0.1, 0.15) is 55.4 Å². The Labute approximate surface area is 357 Å². The molecule has 15 nitrogen and oxygen atoms in total. The number of unbranched alkanes of at least 4 members (excludes halogenated alkanes) is 10. The number of carbonyl (C=O) groups is 2. The lowest BCUT2D eigenvalue weighted by atomic mass is 9.98. The maximum atomic E-state index is 12.8. The molecule has 0 aromatic rings. The average molecular weight is 857 g/mol. The molecular weight excluding hydrogens is 780 g/mol. The zero-order valence-corrected chi connectivity index (χ0v) is 35.9. The minimum Gasteiger partial charge on any atom is -0.462 e. The number of hydrogen-bond donors (Lipinski definition) is 7. The van der Waals surface area contributed by atoms with Gasteiger partial charge in [-0.25, -0.2) is 0 Å². The van der Waals surface area contributed by atoms with Crippen LogP contribution in [0.2, 0.25) is 0 Å². The van der Waals surface area contributed by atoms with E-state index in [4.69, 9.17) is 28.4 Å². The Hall–Kier alpha value is -2.54. The Morgan fingerprint density at radius 3 is 1.63 bits per heavy atom. The Kier molecular flexibility index (Phi) is 29.5. The van der Waals surface area contributed by atoms with Gasteiger partial charge in [0.25, 0.3) is 0 Å². The van der Waals surface area contributed by atoms with E-state index >= 15 is 0 Å². The van der Waals surface area contributed by atoms with Crippen molar-refractivity contribution in [3.8, 4) is 0 Å². The quantitative estimate of drug-likeness (QED) is 0.0283. The second-order valence-corrected chi connectivity index (χ2v) is 15.5. The topological polar surface area (TPSA) is 231 Å². The fourth-order valence-corrected chi connectivity index (χ4v) is 6.56. The summed E-state index contributed by atoms with van der Waals surface area (Å²) in [5.74, 6) is -0.974. The van der Waals surface area contributed by atoms with Crippen LogP contribution in [-0.2, 0) is 38.0 Å². The standard InChI is InChI=1S/C45H76O15/c1-3-5-7-9-11-12-13-14-15-16-17-18-19-20-22-23-25-27-36(47)55-30-33(58-37(48)28-26-24-21-10-8-6-4-2)31-56-44-43(54)41(52)39(50)35(60-44)32-57-45-42(53)40(51)38(49)34(29-46)59-45/h7,9,12-13,15-16,18-19,33-35,38-46,49-54H,3-6,8,10-11,14,17,20-32H2,1-2H3/b9-7+,13-12+,16-15+,19-18+/t33-,34+,35+,38-,39-,40?,41?,42?,43?,44+,45+/m0/s1. The molecule has 0 aromatic heterocycles. The predicted octanol–water partition coefficient (Wildman–Crippen LogP) is 4.37. The van der Waals surface area contributed by atoms with Crippen LogP contribution in [-0.4, -0.2) is 142 Å². The van der Waals surface area contributed by atoms with Gasteiger partial charge < -0.3 is 64.2 Å². The van der Waals surface area contributed by atoms with Crippen molar-refractivity contribution in [3.63, 3.8) is 0 Å². The molecule has 0 radical (unpaired) electrons. The third-order valence-electron chi connectivity index (χ3n) is 10.3. The lowest BCUT2D eigenvalue weighted by molar-refractivity contribution is -0.332. The summed E-state index contributed by atoms with van der Waals surface area (Å²) in [7, 11) is 0. The highest BCUT2D eigenvalue weighted by Gasteiger charge is 2.47. The molecule has 0 amide bonds. The minimum absolute atomic E-state index is 0.155. The smallest absolute Gasteiger partial charge is 0.306 e. The summed E-state index contributed by atoms with van der Waals surface area (Å²) in [4.78, 5) is 25.5. The first-order valence-electron chi connectivity index (χ1n) is 22.2. The highest BCUT2D eigenvalue weighted by Crippen LogP contribution is 2.26. The van der Waals surface area contributed by atoms with E-state index in [0.29, 0.717) is 12.8 Å². The van der Waals surface area contributed by atoms with Crippen molar-refractivity contribution in [3.05, 3.63) is 48.6 Å². The number of allylic oxidation sites excluding steroid dienone is 8. The van der Waals surface area contributed by atoms with Crippen molar-refractivity contribution < 1.29 is 73.8 Å². The van der Waals surface area contributed by atoms with Gasteiger partial charge in [-0.1, -0.05) is 114 Å². The number of ether oxygens (including phenoxy) is 6. The van der Waals surface area contributed by atoms with Gasteiger partial charge in [-0.15, -0.1) is 0 Å². The van der Waals surface area contributed by atoms with Gasteiger partial charge >= 0.3 is 11.9 Å². The maximum absolute atomic E-state index is 12.8. The van der Waals surface area contributed by atoms with Gasteiger partial charge in [0.2, 0.25) is 0 Å². The number of esters is 2. The van der Waals surface area contributed by atoms with Gasteiger partial charge in [0.15, 0.2) is 18.7 Å². The molecular formula is C45H76O15. The molecule has 0 saturated carbocycles. The van der Waals surface area contributed by atoms with Crippen LogP contribution in [0.15, 0.2) is 48.6 Å². The molecule has 7 N–H and O–H groups in total. The van der Waals surface area contributed by atoms with E-state index in [1.807, 2.05) is 0 Å². The minimum atomic E-state index is -1.77. The van der Waals surface area contributed by atoms with Crippen molar-refractivity contribution in [2.24, 2.45) is 0 Å². The predicted molar refractivity (Wildman–Crippen MR) is 224 cm³/mol. The summed E-state index contributed by atoms with van der Waals surface area (Å²) in [6, 6.07) is 0. The molecule has 2 fully saturated rings. The molecule has 2 aliphatic heterocycles. The number of aliphatic hydroxyl groups is 7. The first kappa shape index (κ1) is 53.6. The van der Waals surface area contributed by atoms with Crippen LogP contribution in [0.5, 0.6) is 0 Å². The van der Waals surface area contributed by atoms with Crippen LogP contribution in [0, 0.1) is 0 Å². The van der Waals surface area contributed by atoms with Crippen molar-refractivity contribution in [1.29, 1.82) is 0 Å². The Morgan fingerprint density at radius 2 is 1.03 bits per heavy atom. The SMILES string of the molecule is CCC/C=C/C/C=C/C/C=C/C/C=C/CCCCCC(=O)OC[C@@H](CO[C@@H]1O[C@H](CO[C@@H]2O[C@H](CO)[C@H](O)C(O)C2O)[C@H](O)C(O)C1O)OC(=O)CCCCCCCCC. The van der Waals surface area contributed by atoms with E-state index in [0.717, 1.165) is 77.0 Å². The molecule has 0 bridgehead atoms. The summed E-state index contributed by atoms with van der Waals surface area (Å²) in [5.41, 5.74) is 0. The van der Waals surface area contributed by atoms with E-state index in [9.17, 15) is 45.3 Å². The van der Waals surface area contributed by atoms with E-state index in [1.165, 1.54) is 12.8 Å². The Morgan fingerprint density at radius 1 is 0.533 bits per heavy atom.